The molecule has 1 saturated heterocycles. The largest absolute Gasteiger partial charge is 0.311 e. The molecular weight excluding hydrogens is 294 g/mol. The highest BCUT2D eigenvalue weighted by Crippen LogP contribution is 2.49. The van der Waals surface area contributed by atoms with Crippen LogP contribution in [0.1, 0.15) is 83.5 Å². The molecule has 0 radical (unpaired) electrons. The summed E-state index contributed by atoms with van der Waals surface area (Å²) in [5.41, 5.74) is 0. The van der Waals surface area contributed by atoms with Gasteiger partial charge < -0.3 is 5.32 Å². The molecule has 0 aromatic heterocycles. The van der Waals surface area contributed by atoms with Crippen molar-refractivity contribution < 1.29 is 4.79 Å². The molecule has 5 fully saturated rings. The second kappa shape index (κ2) is 6.41. The van der Waals surface area contributed by atoms with Crippen molar-refractivity contribution in [2.45, 2.75) is 95.6 Å². The highest BCUT2D eigenvalue weighted by molar-refractivity contribution is 5.86. The van der Waals surface area contributed by atoms with Gasteiger partial charge in [-0.25, -0.2) is 0 Å². The van der Waals surface area contributed by atoms with Crippen LogP contribution in [0, 0.1) is 35.5 Å². The van der Waals surface area contributed by atoms with Gasteiger partial charge in [0.25, 0.3) is 0 Å². The maximum atomic E-state index is 12.9. The zero-order valence-corrected chi connectivity index (χ0v) is 15.2. The predicted octanol–water partition coefficient (Wildman–Crippen LogP) is 4.72. The summed E-state index contributed by atoms with van der Waals surface area (Å²) in [6.07, 6.45) is 17.7. The summed E-state index contributed by atoms with van der Waals surface area (Å²) in [6, 6.07) is 1.65. The molecule has 1 N–H and O–H groups in total. The Balaban J connectivity index is 1.22. The predicted molar refractivity (Wildman–Crippen MR) is 96.7 cm³/mol. The summed E-state index contributed by atoms with van der Waals surface area (Å²) in [6.45, 7) is 0. The molecule has 24 heavy (non-hydrogen) atoms. The van der Waals surface area contributed by atoms with Gasteiger partial charge in [0.05, 0.1) is 0 Å². The Hall–Kier alpha value is -0.370. The normalized spacial score (nSPS) is 51.1. The van der Waals surface area contributed by atoms with Crippen LogP contribution in [-0.2, 0) is 4.79 Å². The Morgan fingerprint density at radius 3 is 2.50 bits per heavy atom. The van der Waals surface area contributed by atoms with E-state index in [1.807, 2.05) is 0 Å². The van der Waals surface area contributed by atoms with Crippen molar-refractivity contribution in [1.82, 2.24) is 5.32 Å². The van der Waals surface area contributed by atoms with E-state index in [1.54, 1.807) is 0 Å². The SMILES string of the molecule is O=C1C(CC2CCC3NC4CCCCC4C3C2)CC2CCCCC12. The molecule has 4 aliphatic carbocycles. The summed E-state index contributed by atoms with van der Waals surface area (Å²) < 4.78 is 0. The van der Waals surface area contributed by atoms with Crippen LogP contribution < -0.4 is 5.32 Å². The first-order valence-corrected chi connectivity index (χ1v) is 11.1. The Kier molecular flexibility index (Phi) is 4.24. The summed E-state index contributed by atoms with van der Waals surface area (Å²) in [4.78, 5) is 12.9. The number of hydrogen-bond acceptors (Lipinski definition) is 2. The number of ketones is 1. The topological polar surface area (TPSA) is 29.1 Å². The highest BCUT2D eigenvalue weighted by atomic mass is 16.1. The van der Waals surface area contributed by atoms with E-state index in [-0.39, 0.29) is 0 Å². The van der Waals surface area contributed by atoms with Gasteiger partial charge in [0, 0.05) is 23.9 Å². The van der Waals surface area contributed by atoms with Crippen molar-refractivity contribution in [1.29, 1.82) is 0 Å². The fourth-order valence-corrected chi connectivity index (χ4v) is 7.61. The number of hydrogen-bond donors (Lipinski definition) is 1. The van der Waals surface area contributed by atoms with Gasteiger partial charge >= 0.3 is 0 Å². The van der Waals surface area contributed by atoms with Gasteiger partial charge in [0.2, 0.25) is 0 Å². The van der Waals surface area contributed by atoms with Crippen molar-refractivity contribution >= 4 is 5.78 Å². The molecule has 8 atom stereocenters. The van der Waals surface area contributed by atoms with Gasteiger partial charge in [-0.05, 0) is 81.5 Å². The smallest absolute Gasteiger partial charge is 0.139 e. The molecule has 2 heteroatoms. The molecule has 0 spiro atoms. The maximum absolute atomic E-state index is 12.9. The van der Waals surface area contributed by atoms with Gasteiger partial charge in [0.15, 0.2) is 0 Å². The van der Waals surface area contributed by atoms with E-state index in [4.69, 9.17) is 0 Å². The number of Topliss-reactive ketones (excluding diaryl/α,β-unsaturated/α-hetero) is 1. The second-order valence-corrected chi connectivity index (χ2v) is 9.89. The maximum Gasteiger partial charge on any atom is 0.139 e. The first-order chi connectivity index (χ1) is 11.8. The van der Waals surface area contributed by atoms with Crippen LogP contribution in [0.15, 0.2) is 0 Å². The van der Waals surface area contributed by atoms with E-state index in [2.05, 4.69) is 5.32 Å². The zero-order valence-electron chi connectivity index (χ0n) is 15.2. The Morgan fingerprint density at radius 1 is 0.792 bits per heavy atom. The van der Waals surface area contributed by atoms with Gasteiger partial charge in [-0.1, -0.05) is 25.7 Å². The number of fused-ring (bicyclic) bond motifs is 4. The standard InChI is InChI=1S/C22H35NO/c24-22-16(13-15-5-1-2-6-17(15)22)11-14-9-10-21-19(12-14)18-7-3-4-8-20(18)23-21/h14-21,23H,1-13H2. The first kappa shape index (κ1) is 15.9. The van der Waals surface area contributed by atoms with Crippen molar-refractivity contribution in [3.63, 3.8) is 0 Å². The monoisotopic (exact) mass is 329 g/mol. The lowest BCUT2D eigenvalue weighted by Crippen LogP contribution is -2.35. The summed E-state index contributed by atoms with van der Waals surface area (Å²) >= 11 is 0. The molecule has 2 nitrogen and oxygen atoms in total. The fourth-order valence-electron chi connectivity index (χ4n) is 7.61. The first-order valence-electron chi connectivity index (χ1n) is 11.1. The van der Waals surface area contributed by atoms with Gasteiger partial charge in [-0.2, -0.15) is 0 Å². The van der Waals surface area contributed by atoms with E-state index < -0.39 is 0 Å². The second-order valence-electron chi connectivity index (χ2n) is 9.89. The Bertz CT molecular complexity index is 488. The molecule has 0 amide bonds. The lowest BCUT2D eigenvalue weighted by Gasteiger charge is -2.36. The molecule has 0 aromatic carbocycles. The van der Waals surface area contributed by atoms with Crippen LogP contribution in [0.2, 0.25) is 0 Å². The van der Waals surface area contributed by atoms with Gasteiger partial charge in [-0.15, -0.1) is 0 Å². The van der Waals surface area contributed by atoms with Crippen molar-refractivity contribution in [3.8, 4) is 0 Å². The van der Waals surface area contributed by atoms with Crippen molar-refractivity contribution in [2.75, 3.05) is 0 Å². The third-order valence-corrected chi connectivity index (χ3v) is 8.69. The number of nitrogens with one attached hydrogen (secondary N) is 1. The quantitative estimate of drug-likeness (QED) is 0.794. The summed E-state index contributed by atoms with van der Waals surface area (Å²) in [7, 11) is 0. The van der Waals surface area contributed by atoms with E-state index in [0.717, 1.165) is 35.8 Å². The lowest BCUT2D eigenvalue weighted by atomic mass is 9.68. The van der Waals surface area contributed by atoms with E-state index in [0.29, 0.717) is 17.6 Å². The average molecular weight is 330 g/mol. The minimum atomic E-state index is 0.441. The Labute approximate surface area is 147 Å². The lowest BCUT2D eigenvalue weighted by molar-refractivity contribution is -0.125. The molecule has 5 rings (SSSR count). The fraction of sp³-hybridized carbons (Fsp3) is 0.955. The molecule has 0 aromatic rings. The Morgan fingerprint density at radius 2 is 1.58 bits per heavy atom. The van der Waals surface area contributed by atoms with Crippen molar-refractivity contribution in [2.24, 2.45) is 35.5 Å². The zero-order chi connectivity index (χ0) is 16.1. The molecule has 134 valence electrons. The van der Waals surface area contributed by atoms with Gasteiger partial charge in [-0.3, -0.25) is 4.79 Å². The average Bonchev–Trinajstić information content (AvgIpc) is 3.13. The third-order valence-electron chi connectivity index (χ3n) is 8.69. The molecule has 1 aliphatic heterocycles. The van der Waals surface area contributed by atoms with Crippen LogP contribution in [0.25, 0.3) is 0 Å². The van der Waals surface area contributed by atoms with E-state index in [9.17, 15) is 4.79 Å². The number of rotatable bonds is 2. The third kappa shape index (κ3) is 2.68. The van der Waals surface area contributed by atoms with Crippen LogP contribution >= 0.6 is 0 Å². The minimum Gasteiger partial charge on any atom is -0.311 e. The summed E-state index contributed by atoms with van der Waals surface area (Å²) in [5, 5.41) is 3.99. The number of carbonyl (C=O) groups excluding carboxylic acids is 1. The molecule has 5 aliphatic rings. The van der Waals surface area contributed by atoms with Gasteiger partial charge in [0.1, 0.15) is 5.78 Å². The molecule has 4 saturated carbocycles. The molecule has 1 heterocycles. The minimum absolute atomic E-state index is 0.441. The van der Waals surface area contributed by atoms with Crippen LogP contribution in [-0.4, -0.2) is 17.9 Å². The van der Waals surface area contributed by atoms with E-state index in [1.165, 1.54) is 83.5 Å². The molecule has 0 bridgehead atoms. The molecular formula is C22H35NO. The van der Waals surface area contributed by atoms with Crippen LogP contribution in [0.3, 0.4) is 0 Å². The number of carbonyl (C=O) groups is 1. The van der Waals surface area contributed by atoms with E-state index >= 15 is 0 Å². The van der Waals surface area contributed by atoms with Crippen molar-refractivity contribution in [3.05, 3.63) is 0 Å². The summed E-state index contributed by atoms with van der Waals surface area (Å²) in [5.74, 6) is 5.11. The molecule has 8 unspecified atom stereocenters. The van der Waals surface area contributed by atoms with Crippen LogP contribution in [0.5, 0.6) is 0 Å². The van der Waals surface area contributed by atoms with Crippen LogP contribution in [0.4, 0.5) is 0 Å². The highest BCUT2D eigenvalue weighted by Gasteiger charge is 2.48.